The Kier molecular flexibility index (Phi) is 7.49. The number of hydrogen-bond donors (Lipinski definition) is 1. The van der Waals surface area contributed by atoms with Gasteiger partial charge in [0.1, 0.15) is 0 Å². The Bertz CT molecular complexity index is 1420. The normalized spacial score (nSPS) is 10.9. The van der Waals surface area contributed by atoms with E-state index in [2.05, 4.69) is 23.5 Å². The Morgan fingerprint density at radius 3 is 2.25 bits per heavy atom. The second-order valence-electron chi connectivity index (χ2n) is 9.33. The summed E-state index contributed by atoms with van der Waals surface area (Å²) in [6.07, 6.45) is 1.80. The Morgan fingerprint density at radius 1 is 0.889 bits per heavy atom. The maximum Gasteiger partial charge on any atom is 0.338 e. The molecule has 0 spiro atoms. The predicted octanol–water partition coefficient (Wildman–Crippen LogP) is 7.34. The first-order valence-electron chi connectivity index (χ1n) is 12.4. The van der Waals surface area contributed by atoms with E-state index in [0.29, 0.717) is 23.4 Å². The molecule has 0 unspecified atom stereocenters. The van der Waals surface area contributed by atoms with E-state index >= 15 is 0 Å². The number of nitrogens with one attached hydrogen (secondary N) is 1. The fourth-order valence-corrected chi connectivity index (χ4v) is 4.38. The van der Waals surface area contributed by atoms with Crippen LogP contribution >= 0.6 is 0 Å². The molecule has 5 heteroatoms. The smallest absolute Gasteiger partial charge is 0.338 e. The van der Waals surface area contributed by atoms with Gasteiger partial charge in [0.25, 0.3) is 5.91 Å². The Morgan fingerprint density at radius 2 is 1.58 bits per heavy atom. The summed E-state index contributed by atoms with van der Waals surface area (Å²) in [5.74, 6) is -0.567. The van der Waals surface area contributed by atoms with Gasteiger partial charge in [0, 0.05) is 16.6 Å². The van der Waals surface area contributed by atoms with E-state index in [4.69, 9.17) is 9.72 Å². The molecule has 36 heavy (non-hydrogen) atoms. The lowest BCUT2D eigenvalue weighted by molar-refractivity contribution is 0.0499. The van der Waals surface area contributed by atoms with Crippen LogP contribution in [0.3, 0.4) is 0 Å². The molecule has 184 valence electrons. The standard InChI is InChI=1S/C31H32N2O3/c1-6-7-16-36-31(35)24-12-14-25(15-13-24)32-30(34)27-22(5)29(23-10-8-19(2)9-11-23)33-28-21(4)17-20(3)18-26(27)28/h8-15,17-18H,6-7,16H2,1-5H3,(H,32,34). The molecule has 1 aromatic heterocycles. The van der Waals surface area contributed by atoms with Crippen molar-refractivity contribution in [2.24, 2.45) is 0 Å². The summed E-state index contributed by atoms with van der Waals surface area (Å²) in [5, 5.41) is 3.85. The van der Waals surface area contributed by atoms with Gasteiger partial charge in [0.2, 0.25) is 0 Å². The highest BCUT2D eigenvalue weighted by atomic mass is 16.5. The van der Waals surface area contributed by atoms with E-state index in [-0.39, 0.29) is 11.9 Å². The highest BCUT2D eigenvalue weighted by Crippen LogP contribution is 2.32. The molecule has 5 nitrogen and oxygen atoms in total. The summed E-state index contributed by atoms with van der Waals surface area (Å²) in [7, 11) is 0. The van der Waals surface area contributed by atoms with Crippen LogP contribution in [0.4, 0.5) is 5.69 Å². The van der Waals surface area contributed by atoms with Crippen LogP contribution in [0.5, 0.6) is 0 Å². The van der Waals surface area contributed by atoms with Crippen molar-refractivity contribution in [1.29, 1.82) is 0 Å². The molecule has 1 amide bonds. The molecule has 0 bridgehead atoms. The monoisotopic (exact) mass is 480 g/mol. The zero-order valence-electron chi connectivity index (χ0n) is 21.6. The Hall–Kier alpha value is -3.99. The van der Waals surface area contributed by atoms with E-state index in [0.717, 1.165) is 51.7 Å². The Balaban J connectivity index is 1.71. The number of anilines is 1. The molecule has 1 heterocycles. The number of carbonyl (C=O) groups excluding carboxylic acids is 2. The van der Waals surface area contributed by atoms with Crippen LogP contribution in [0.25, 0.3) is 22.2 Å². The number of pyridine rings is 1. The highest BCUT2D eigenvalue weighted by Gasteiger charge is 2.21. The zero-order valence-corrected chi connectivity index (χ0v) is 21.6. The molecule has 4 rings (SSSR count). The van der Waals surface area contributed by atoms with E-state index in [9.17, 15) is 9.59 Å². The van der Waals surface area contributed by atoms with Crippen molar-refractivity contribution < 1.29 is 14.3 Å². The third-order valence-corrected chi connectivity index (χ3v) is 6.33. The number of benzene rings is 3. The molecule has 0 atom stereocenters. The summed E-state index contributed by atoms with van der Waals surface area (Å²) in [6, 6.07) is 19.1. The van der Waals surface area contributed by atoms with Crippen molar-refractivity contribution in [3.05, 3.63) is 94.0 Å². The van der Waals surface area contributed by atoms with Crippen molar-refractivity contribution >= 4 is 28.5 Å². The summed E-state index contributed by atoms with van der Waals surface area (Å²) in [6.45, 7) is 10.5. The van der Waals surface area contributed by atoms with Gasteiger partial charge in [-0.1, -0.05) is 54.8 Å². The number of ether oxygens (including phenoxy) is 1. The van der Waals surface area contributed by atoms with Crippen LogP contribution in [-0.4, -0.2) is 23.5 Å². The molecular formula is C31H32N2O3. The minimum absolute atomic E-state index is 0.212. The number of esters is 1. The van der Waals surface area contributed by atoms with Gasteiger partial charge in [0.05, 0.1) is 28.9 Å². The first kappa shape index (κ1) is 25.1. The van der Waals surface area contributed by atoms with Crippen molar-refractivity contribution in [3.63, 3.8) is 0 Å². The fourth-order valence-electron chi connectivity index (χ4n) is 4.38. The lowest BCUT2D eigenvalue weighted by Gasteiger charge is -2.17. The van der Waals surface area contributed by atoms with Gasteiger partial charge in [-0.15, -0.1) is 0 Å². The lowest BCUT2D eigenvalue weighted by atomic mass is 9.94. The van der Waals surface area contributed by atoms with Crippen LogP contribution in [0.15, 0.2) is 60.7 Å². The minimum Gasteiger partial charge on any atom is -0.462 e. The maximum atomic E-state index is 13.7. The number of carbonyl (C=O) groups is 2. The number of unbranched alkanes of at least 4 members (excludes halogenated alkanes) is 1. The van der Waals surface area contributed by atoms with Crippen LogP contribution < -0.4 is 5.32 Å². The van der Waals surface area contributed by atoms with Gasteiger partial charge >= 0.3 is 5.97 Å². The number of aryl methyl sites for hydroxylation is 3. The van der Waals surface area contributed by atoms with E-state index in [1.807, 2.05) is 52.8 Å². The molecule has 0 aliphatic heterocycles. The molecular weight excluding hydrogens is 448 g/mol. The molecule has 4 aromatic rings. The predicted molar refractivity (Wildman–Crippen MR) is 146 cm³/mol. The first-order valence-corrected chi connectivity index (χ1v) is 12.4. The second kappa shape index (κ2) is 10.7. The molecule has 0 saturated carbocycles. The number of fused-ring (bicyclic) bond motifs is 1. The lowest BCUT2D eigenvalue weighted by Crippen LogP contribution is -2.16. The molecule has 0 radical (unpaired) electrons. The van der Waals surface area contributed by atoms with Crippen LogP contribution in [0, 0.1) is 27.7 Å². The molecule has 0 saturated heterocycles. The molecule has 0 aliphatic rings. The first-order chi connectivity index (χ1) is 17.3. The largest absolute Gasteiger partial charge is 0.462 e. The van der Waals surface area contributed by atoms with Gasteiger partial charge in [0.15, 0.2) is 0 Å². The minimum atomic E-state index is -0.356. The number of nitrogens with zero attached hydrogens (tertiary/aromatic N) is 1. The van der Waals surface area contributed by atoms with Crippen molar-refractivity contribution in [1.82, 2.24) is 4.98 Å². The van der Waals surface area contributed by atoms with E-state index < -0.39 is 0 Å². The van der Waals surface area contributed by atoms with Crippen LogP contribution in [-0.2, 0) is 4.74 Å². The number of hydrogen-bond acceptors (Lipinski definition) is 4. The second-order valence-corrected chi connectivity index (χ2v) is 9.33. The summed E-state index contributed by atoms with van der Waals surface area (Å²) >= 11 is 0. The van der Waals surface area contributed by atoms with Gasteiger partial charge in [-0.2, -0.15) is 0 Å². The van der Waals surface area contributed by atoms with Crippen LogP contribution in [0.2, 0.25) is 0 Å². The Labute approximate surface area is 212 Å². The fraction of sp³-hybridized carbons (Fsp3) is 0.258. The van der Waals surface area contributed by atoms with E-state index in [1.54, 1.807) is 24.3 Å². The van der Waals surface area contributed by atoms with Crippen molar-refractivity contribution in [3.8, 4) is 11.3 Å². The zero-order chi connectivity index (χ0) is 25.8. The number of amides is 1. The van der Waals surface area contributed by atoms with Crippen molar-refractivity contribution in [2.75, 3.05) is 11.9 Å². The SMILES string of the molecule is CCCCOC(=O)c1ccc(NC(=O)c2c(C)c(-c3ccc(C)cc3)nc3c(C)cc(C)cc23)cc1. The van der Waals surface area contributed by atoms with Crippen molar-refractivity contribution in [2.45, 2.75) is 47.5 Å². The quantitative estimate of drug-likeness (QED) is 0.222. The average molecular weight is 481 g/mol. The van der Waals surface area contributed by atoms with Gasteiger partial charge < -0.3 is 10.1 Å². The average Bonchev–Trinajstić information content (AvgIpc) is 2.85. The maximum absolute atomic E-state index is 13.7. The van der Waals surface area contributed by atoms with Gasteiger partial charge in [-0.3, -0.25) is 4.79 Å². The molecule has 3 aromatic carbocycles. The number of rotatable bonds is 7. The molecule has 1 N–H and O–H groups in total. The molecule has 0 fully saturated rings. The highest BCUT2D eigenvalue weighted by molar-refractivity contribution is 6.15. The van der Waals surface area contributed by atoms with Gasteiger partial charge in [-0.25, -0.2) is 9.78 Å². The number of aromatic nitrogens is 1. The van der Waals surface area contributed by atoms with Gasteiger partial charge in [-0.05, 0) is 75.6 Å². The van der Waals surface area contributed by atoms with E-state index in [1.165, 1.54) is 5.56 Å². The van der Waals surface area contributed by atoms with Crippen LogP contribution in [0.1, 0.15) is 62.7 Å². The summed E-state index contributed by atoms with van der Waals surface area (Å²) in [4.78, 5) is 30.9. The summed E-state index contributed by atoms with van der Waals surface area (Å²) < 4.78 is 5.27. The summed E-state index contributed by atoms with van der Waals surface area (Å²) in [5.41, 5.74) is 8.35. The third-order valence-electron chi connectivity index (χ3n) is 6.33. The third kappa shape index (κ3) is 5.30. The topological polar surface area (TPSA) is 68.3 Å². The molecule has 0 aliphatic carbocycles.